The van der Waals surface area contributed by atoms with Crippen LogP contribution in [0.25, 0.3) is 0 Å². The lowest BCUT2D eigenvalue weighted by Gasteiger charge is -2.18. The smallest absolute Gasteiger partial charge is 0.305 e. The molecule has 0 unspecified atom stereocenters. The first-order valence-electron chi connectivity index (χ1n) is 7.40. The van der Waals surface area contributed by atoms with Gasteiger partial charge in [-0.05, 0) is 12.8 Å². The molecule has 1 aliphatic heterocycles. The highest BCUT2D eigenvalue weighted by atomic mass is 127. The second-order valence-electron chi connectivity index (χ2n) is 5.19. The molecule has 0 radical (unpaired) electrons. The number of carbonyl (C=O) groups excluding carboxylic acids is 2. The number of methoxy groups -OCH3 is 1. The van der Waals surface area contributed by atoms with Gasteiger partial charge in [-0.2, -0.15) is 0 Å². The molecule has 0 saturated carbocycles. The van der Waals surface area contributed by atoms with E-state index in [1.54, 1.807) is 11.8 Å². The third-order valence-electron chi connectivity index (χ3n) is 3.50. The normalized spacial score (nSPS) is 13.2. The van der Waals surface area contributed by atoms with E-state index >= 15 is 0 Å². The number of hydrogen-bond donors (Lipinski definition) is 0. The molecule has 5 nitrogen and oxygen atoms in total. The van der Waals surface area contributed by atoms with Crippen molar-refractivity contribution in [2.45, 2.75) is 51.9 Å². The van der Waals surface area contributed by atoms with Crippen LogP contribution < -0.4 is 0 Å². The van der Waals surface area contributed by atoms with Crippen molar-refractivity contribution >= 4 is 35.9 Å². The van der Waals surface area contributed by atoms with Crippen LogP contribution in [0.2, 0.25) is 0 Å². The highest BCUT2D eigenvalue weighted by Gasteiger charge is 2.14. The Bertz CT molecular complexity index is 348. The molecule has 0 aromatic heterocycles. The molecule has 6 heteroatoms. The molecule has 122 valence electrons. The number of halogens is 1. The largest absolute Gasteiger partial charge is 0.469 e. The van der Waals surface area contributed by atoms with Gasteiger partial charge >= 0.3 is 5.97 Å². The van der Waals surface area contributed by atoms with Crippen LogP contribution in [0.4, 0.5) is 0 Å². The van der Waals surface area contributed by atoms with Crippen LogP contribution in [0.3, 0.4) is 0 Å². The monoisotopic (exact) mass is 410 g/mol. The maximum atomic E-state index is 11.2. The molecule has 0 aromatic carbocycles. The third-order valence-corrected chi connectivity index (χ3v) is 3.50. The second-order valence-corrected chi connectivity index (χ2v) is 5.19. The molecule has 0 atom stereocenters. The number of rotatable bonds is 9. The van der Waals surface area contributed by atoms with Crippen molar-refractivity contribution in [1.29, 1.82) is 0 Å². The minimum Gasteiger partial charge on any atom is -0.469 e. The van der Waals surface area contributed by atoms with Crippen molar-refractivity contribution in [3.63, 3.8) is 0 Å². The summed E-state index contributed by atoms with van der Waals surface area (Å²) in [6.45, 7) is 3.28. The fourth-order valence-corrected chi connectivity index (χ4v) is 2.21. The summed E-state index contributed by atoms with van der Waals surface area (Å²) in [5, 5.41) is 0. The SMILES string of the molecule is COC(=O)CCCCCCCCN1C=CN(C(C)=O)C1.I. The molecule has 0 aliphatic carbocycles. The van der Waals surface area contributed by atoms with Crippen molar-refractivity contribution < 1.29 is 14.3 Å². The van der Waals surface area contributed by atoms with Crippen LogP contribution in [0.1, 0.15) is 51.9 Å². The molecule has 0 fully saturated rings. The molecule has 0 N–H and O–H groups in total. The Balaban J connectivity index is 0.00000400. The van der Waals surface area contributed by atoms with Gasteiger partial charge < -0.3 is 9.64 Å². The van der Waals surface area contributed by atoms with Gasteiger partial charge in [0.1, 0.15) is 0 Å². The average Bonchev–Trinajstić information content (AvgIpc) is 2.90. The highest BCUT2D eigenvalue weighted by Crippen LogP contribution is 2.11. The summed E-state index contributed by atoms with van der Waals surface area (Å²) in [5.41, 5.74) is 0. The summed E-state index contributed by atoms with van der Waals surface area (Å²) in [7, 11) is 1.43. The number of ether oxygens (including phenoxy) is 1. The maximum absolute atomic E-state index is 11.2. The molecular weight excluding hydrogens is 383 g/mol. The van der Waals surface area contributed by atoms with E-state index in [1.807, 2.05) is 12.4 Å². The van der Waals surface area contributed by atoms with Gasteiger partial charge in [-0.3, -0.25) is 14.5 Å². The Kier molecular flexibility index (Phi) is 11.4. The molecular formula is C15H27IN2O3. The zero-order valence-corrected chi connectivity index (χ0v) is 15.4. The highest BCUT2D eigenvalue weighted by molar-refractivity contribution is 14.0. The summed E-state index contributed by atoms with van der Waals surface area (Å²) < 4.78 is 4.60. The number of amides is 1. The first-order chi connectivity index (χ1) is 9.63. The summed E-state index contributed by atoms with van der Waals surface area (Å²) in [6.07, 6.45) is 11.1. The van der Waals surface area contributed by atoms with E-state index in [-0.39, 0.29) is 35.9 Å². The topological polar surface area (TPSA) is 49.9 Å². The quantitative estimate of drug-likeness (QED) is 0.333. The Morgan fingerprint density at radius 3 is 2.24 bits per heavy atom. The Labute approximate surface area is 144 Å². The van der Waals surface area contributed by atoms with E-state index in [4.69, 9.17) is 0 Å². The van der Waals surface area contributed by atoms with Gasteiger partial charge in [0, 0.05) is 32.3 Å². The van der Waals surface area contributed by atoms with Gasteiger partial charge in [0.2, 0.25) is 5.91 Å². The third kappa shape index (κ3) is 8.95. The van der Waals surface area contributed by atoms with E-state index in [2.05, 4.69) is 9.64 Å². The molecule has 0 spiro atoms. The molecule has 0 saturated heterocycles. The number of hydrogen-bond acceptors (Lipinski definition) is 4. The lowest BCUT2D eigenvalue weighted by Crippen LogP contribution is -2.29. The zero-order chi connectivity index (χ0) is 14.8. The first kappa shape index (κ1) is 20.2. The minimum atomic E-state index is -0.110. The van der Waals surface area contributed by atoms with Gasteiger partial charge in [-0.25, -0.2) is 0 Å². The van der Waals surface area contributed by atoms with E-state index < -0.39 is 0 Å². The number of unbranched alkanes of at least 4 members (excludes halogenated alkanes) is 5. The minimum absolute atomic E-state index is 0. The molecule has 1 rings (SSSR count). The van der Waals surface area contributed by atoms with Crippen LogP contribution in [0.5, 0.6) is 0 Å². The first-order valence-corrected chi connectivity index (χ1v) is 7.40. The Hall–Kier alpha value is -0.790. The predicted molar refractivity (Wildman–Crippen MR) is 93.0 cm³/mol. The van der Waals surface area contributed by atoms with Crippen molar-refractivity contribution in [1.82, 2.24) is 9.80 Å². The standard InChI is InChI=1S/C15H26N2O3.HI/c1-14(18)17-12-11-16(13-17)10-8-6-4-3-5-7-9-15(19)20-2;/h11-12H,3-10,13H2,1-2H3;1H. The second kappa shape index (κ2) is 11.8. The van der Waals surface area contributed by atoms with E-state index in [1.165, 1.54) is 26.4 Å². The zero-order valence-electron chi connectivity index (χ0n) is 13.0. The van der Waals surface area contributed by atoms with Crippen LogP contribution in [0.15, 0.2) is 12.4 Å². The molecule has 1 aliphatic rings. The molecule has 0 bridgehead atoms. The van der Waals surface area contributed by atoms with Crippen molar-refractivity contribution in [3.05, 3.63) is 12.4 Å². The lowest BCUT2D eigenvalue weighted by molar-refractivity contribution is -0.140. The van der Waals surface area contributed by atoms with Gasteiger partial charge in [-0.15, -0.1) is 24.0 Å². The van der Waals surface area contributed by atoms with E-state index in [9.17, 15) is 9.59 Å². The molecule has 21 heavy (non-hydrogen) atoms. The lowest BCUT2D eigenvalue weighted by atomic mass is 10.1. The molecule has 1 heterocycles. The Morgan fingerprint density at radius 2 is 1.67 bits per heavy atom. The van der Waals surface area contributed by atoms with Crippen molar-refractivity contribution in [3.8, 4) is 0 Å². The van der Waals surface area contributed by atoms with Crippen LogP contribution in [-0.2, 0) is 14.3 Å². The number of carbonyl (C=O) groups is 2. The van der Waals surface area contributed by atoms with Crippen LogP contribution >= 0.6 is 24.0 Å². The number of esters is 1. The van der Waals surface area contributed by atoms with Crippen LogP contribution in [-0.4, -0.2) is 42.0 Å². The fraction of sp³-hybridized carbons (Fsp3) is 0.733. The maximum Gasteiger partial charge on any atom is 0.305 e. The van der Waals surface area contributed by atoms with Gasteiger partial charge in [-0.1, -0.05) is 25.7 Å². The predicted octanol–water partition coefficient (Wildman–Crippen LogP) is 3.10. The summed E-state index contributed by atoms with van der Waals surface area (Å²) in [5.74, 6) is -0.0183. The summed E-state index contributed by atoms with van der Waals surface area (Å²) in [4.78, 5) is 25.9. The van der Waals surface area contributed by atoms with E-state index in [0.717, 1.165) is 25.8 Å². The van der Waals surface area contributed by atoms with Crippen LogP contribution in [0, 0.1) is 0 Å². The Morgan fingerprint density at radius 1 is 1.05 bits per heavy atom. The van der Waals surface area contributed by atoms with Gasteiger partial charge in [0.15, 0.2) is 0 Å². The average molecular weight is 410 g/mol. The fourth-order valence-electron chi connectivity index (χ4n) is 2.21. The van der Waals surface area contributed by atoms with Gasteiger partial charge in [0.05, 0.1) is 13.8 Å². The summed E-state index contributed by atoms with van der Waals surface area (Å²) >= 11 is 0. The van der Waals surface area contributed by atoms with Crippen molar-refractivity contribution in [2.75, 3.05) is 20.3 Å². The number of nitrogens with zero attached hydrogens (tertiary/aromatic N) is 2. The van der Waals surface area contributed by atoms with E-state index in [0.29, 0.717) is 13.1 Å². The molecule has 0 aromatic rings. The van der Waals surface area contributed by atoms with Gasteiger partial charge in [0.25, 0.3) is 0 Å². The molecule has 1 amide bonds. The van der Waals surface area contributed by atoms with Crippen molar-refractivity contribution in [2.24, 2.45) is 0 Å². The summed E-state index contributed by atoms with van der Waals surface area (Å²) in [6, 6.07) is 0.